The van der Waals surface area contributed by atoms with Gasteiger partial charge in [-0.3, -0.25) is 9.78 Å². The highest BCUT2D eigenvalue weighted by molar-refractivity contribution is 5.94. The molecule has 0 bridgehead atoms. The van der Waals surface area contributed by atoms with E-state index in [1.165, 1.54) is 0 Å². The molecule has 27 heavy (non-hydrogen) atoms. The number of hydrogen-bond acceptors (Lipinski definition) is 5. The Morgan fingerprint density at radius 2 is 2.00 bits per heavy atom. The first kappa shape index (κ1) is 17.6. The molecule has 1 aliphatic rings. The van der Waals surface area contributed by atoms with Crippen LogP contribution >= 0.6 is 0 Å². The van der Waals surface area contributed by atoms with Crippen molar-refractivity contribution in [2.24, 2.45) is 18.9 Å². The minimum atomic E-state index is -0.0100. The number of fused-ring (bicyclic) bond motifs is 1. The standard InChI is InChI=1S/C20H23N5O2/c1-25-12-21-10-18(25)16-6-15-7-19(23-9-17(15)22-8-16)24-20(27)14-4-2-13(11-26)3-5-14/h6-10,12-14,26H,2-5,11H2,1H3,(H,23,24,27)/t13-,14-. The average molecular weight is 365 g/mol. The van der Waals surface area contributed by atoms with Crippen LogP contribution in [-0.2, 0) is 11.8 Å². The number of aliphatic hydroxyl groups is 1. The number of pyridine rings is 2. The first-order valence-corrected chi connectivity index (χ1v) is 9.28. The Balaban J connectivity index is 1.52. The van der Waals surface area contributed by atoms with Crippen LogP contribution < -0.4 is 5.32 Å². The Labute approximate surface area is 157 Å². The zero-order valence-corrected chi connectivity index (χ0v) is 15.3. The first-order chi connectivity index (χ1) is 13.1. The summed E-state index contributed by atoms with van der Waals surface area (Å²) < 4.78 is 1.94. The van der Waals surface area contributed by atoms with Crippen molar-refractivity contribution in [2.45, 2.75) is 25.7 Å². The Bertz CT molecular complexity index is 960. The minimum absolute atomic E-state index is 0.00832. The van der Waals surface area contributed by atoms with Gasteiger partial charge in [0.05, 0.1) is 29.9 Å². The Kier molecular flexibility index (Phi) is 4.85. The molecule has 140 valence electrons. The molecule has 1 fully saturated rings. The summed E-state index contributed by atoms with van der Waals surface area (Å²) in [5.74, 6) is 0.878. The number of imidazole rings is 1. The number of aliphatic hydroxyl groups excluding tert-OH is 1. The molecule has 0 aliphatic heterocycles. The molecule has 3 aromatic heterocycles. The molecule has 3 heterocycles. The Morgan fingerprint density at radius 3 is 2.70 bits per heavy atom. The van der Waals surface area contributed by atoms with Crippen LogP contribution in [0.4, 0.5) is 5.82 Å². The number of hydrogen-bond donors (Lipinski definition) is 2. The van der Waals surface area contributed by atoms with Crippen molar-refractivity contribution in [3.8, 4) is 11.3 Å². The number of anilines is 1. The fourth-order valence-corrected chi connectivity index (χ4v) is 3.71. The van der Waals surface area contributed by atoms with E-state index in [-0.39, 0.29) is 18.4 Å². The highest BCUT2D eigenvalue weighted by Crippen LogP contribution is 2.29. The van der Waals surface area contributed by atoms with Crippen molar-refractivity contribution in [3.05, 3.63) is 37.1 Å². The molecule has 0 unspecified atom stereocenters. The van der Waals surface area contributed by atoms with E-state index in [9.17, 15) is 9.90 Å². The summed E-state index contributed by atoms with van der Waals surface area (Å²) in [4.78, 5) is 25.5. The summed E-state index contributed by atoms with van der Waals surface area (Å²) in [5, 5.41) is 13.1. The summed E-state index contributed by atoms with van der Waals surface area (Å²) >= 11 is 0. The number of aromatic nitrogens is 4. The van der Waals surface area contributed by atoms with E-state index < -0.39 is 0 Å². The molecule has 1 aliphatic carbocycles. The van der Waals surface area contributed by atoms with E-state index in [4.69, 9.17) is 0 Å². The van der Waals surface area contributed by atoms with Gasteiger partial charge in [-0.2, -0.15) is 0 Å². The van der Waals surface area contributed by atoms with E-state index in [2.05, 4.69) is 20.3 Å². The number of amides is 1. The third kappa shape index (κ3) is 3.68. The number of rotatable bonds is 4. The predicted molar refractivity (Wildman–Crippen MR) is 103 cm³/mol. The fraction of sp³-hybridized carbons (Fsp3) is 0.400. The van der Waals surface area contributed by atoms with E-state index in [1.807, 2.05) is 23.7 Å². The van der Waals surface area contributed by atoms with Crippen LogP contribution in [0.2, 0.25) is 0 Å². The molecule has 0 atom stereocenters. The molecular weight excluding hydrogens is 342 g/mol. The minimum Gasteiger partial charge on any atom is -0.396 e. The lowest BCUT2D eigenvalue weighted by Gasteiger charge is -2.26. The summed E-state index contributed by atoms with van der Waals surface area (Å²) in [6, 6.07) is 3.89. The molecule has 3 aromatic rings. The molecule has 7 nitrogen and oxygen atoms in total. The molecular formula is C20H23N5O2. The molecule has 4 rings (SSSR count). The van der Waals surface area contributed by atoms with E-state index in [1.54, 1.807) is 24.9 Å². The largest absolute Gasteiger partial charge is 0.396 e. The van der Waals surface area contributed by atoms with Gasteiger partial charge in [-0.15, -0.1) is 0 Å². The van der Waals surface area contributed by atoms with Gasteiger partial charge in [0, 0.05) is 36.7 Å². The number of nitrogens with one attached hydrogen (secondary N) is 1. The van der Waals surface area contributed by atoms with Crippen LogP contribution in [0.15, 0.2) is 37.1 Å². The van der Waals surface area contributed by atoms with Crippen LogP contribution in [-0.4, -0.2) is 37.1 Å². The van der Waals surface area contributed by atoms with E-state index in [0.29, 0.717) is 11.7 Å². The van der Waals surface area contributed by atoms with Gasteiger partial charge in [0.15, 0.2) is 0 Å². The van der Waals surface area contributed by atoms with Crippen molar-refractivity contribution in [1.82, 2.24) is 19.5 Å². The first-order valence-electron chi connectivity index (χ1n) is 9.28. The summed E-state index contributed by atoms with van der Waals surface area (Å²) in [5.41, 5.74) is 2.73. The number of aryl methyl sites for hydroxylation is 1. The third-order valence-corrected chi connectivity index (χ3v) is 5.41. The number of carbonyl (C=O) groups excluding carboxylic acids is 1. The van der Waals surface area contributed by atoms with Gasteiger partial charge < -0.3 is 15.0 Å². The quantitative estimate of drug-likeness (QED) is 0.742. The van der Waals surface area contributed by atoms with Gasteiger partial charge in [0.25, 0.3) is 0 Å². The van der Waals surface area contributed by atoms with Crippen molar-refractivity contribution in [3.63, 3.8) is 0 Å². The fourth-order valence-electron chi connectivity index (χ4n) is 3.71. The maximum atomic E-state index is 12.6. The summed E-state index contributed by atoms with van der Waals surface area (Å²) in [7, 11) is 1.94. The summed E-state index contributed by atoms with van der Waals surface area (Å²) in [6.45, 7) is 0.215. The van der Waals surface area contributed by atoms with Gasteiger partial charge in [-0.05, 0) is 43.7 Å². The zero-order valence-electron chi connectivity index (χ0n) is 15.3. The lowest BCUT2D eigenvalue weighted by atomic mass is 9.82. The molecule has 7 heteroatoms. The molecule has 0 saturated heterocycles. The summed E-state index contributed by atoms with van der Waals surface area (Å²) in [6.07, 6.45) is 10.5. The second kappa shape index (κ2) is 7.44. The van der Waals surface area contributed by atoms with Gasteiger partial charge in [0.2, 0.25) is 5.91 Å². The van der Waals surface area contributed by atoms with Crippen LogP contribution in [0.1, 0.15) is 25.7 Å². The molecule has 2 N–H and O–H groups in total. The number of nitrogens with zero attached hydrogens (tertiary/aromatic N) is 4. The van der Waals surface area contributed by atoms with E-state index >= 15 is 0 Å². The highest BCUT2D eigenvalue weighted by Gasteiger charge is 2.26. The van der Waals surface area contributed by atoms with Gasteiger partial charge >= 0.3 is 0 Å². The zero-order chi connectivity index (χ0) is 18.8. The third-order valence-electron chi connectivity index (χ3n) is 5.41. The smallest absolute Gasteiger partial charge is 0.228 e. The van der Waals surface area contributed by atoms with Crippen molar-refractivity contribution < 1.29 is 9.90 Å². The Hall–Kier alpha value is -2.80. The lowest BCUT2D eigenvalue weighted by molar-refractivity contribution is -0.121. The normalized spacial score (nSPS) is 19.9. The highest BCUT2D eigenvalue weighted by atomic mass is 16.3. The van der Waals surface area contributed by atoms with Crippen molar-refractivity contribution in [2.75, 3.05) is 11.9 Å². The topological polar surface area (TPSA) is 92.9 Å². The molecule has 0 aromatic carbocycles. The Morgan fingerprint density at radius 1 is 1.19 bits per heavy atom. The maximum Gasteiger partial charge on any atom is 0.228 e. The predicted octanol–water partition coefficient (Wildman–Crippen LogP) is 2.77. The molecule has 1 amide bonds. The lowest BCUT2D eigenvalue weighted by Crippen LogP contribution is -2.28. The average Bonchev–Trinajstić information content (AvgIpc) is 3.13. The van der Waals surface area contributed by atoms with Gasteiger partial charge in [0.1, 0.15) is 5.82 Å². The van der Waals surface area contributed by atoms with Crippen LogP contribution in [0.5, 0.6) is 0 Å². The second-order valence-corrected chi connectivity index (χ2v) is 7.27. The SMILES string of the molecule is Cn1cncc1-c1cnc2cnc(NC(=O)[C@H]3CC[C@H](CO)CC3)cc2c1. The van der Waals surface area contributed by atoms with E-state index in [0.717, 1.165) is 47.8 Å². The monoisotopic (exact) mass is 365 g/mol. The van der Waals surface area contributed by atoms with Crippen molar-refractivity contribution in [1.29, 1.82) is 0 Å². The van der Waals surface area contributed by atoms with Gasteiger partial charge in [-0.25, -0.2) is 9.97 Å². The molecule has 0 spiro atoms. The van der Waals surface area contributed by atoms with Crippen LogP contribution in [0, 0.1) is 11.8 Å². The molecule has 0 radical (unpaired) electrons. The van der Waals surface area contributed by atoms with Crippen LogP contribution in [0.25, 0.3) is 22.2 Å². The van der Waals surface area contributed by atoms with Crippen LogP contribution in [0.3, 0.4) is 0 Å². The molecule has 1 saturated carbocycles. The maximum absolute atomic E-state index is 12.6. The number of carbonyl (C=O) groups is 1. The van der Waals surface area contributed by atoms with Gasteiger partial charge in [-0.1, -0.05) is 0 Å². The van der Waals surface area contributed by atoms with Crippen molar-refractivity contribution >= 4 is 22.6 Å². The second-order valence-electron chi connectivity index (χ2n) is 7.27.